The molecule has 5 nitrogen and oxygen atoms in total. The van der Waals surface area contributed by atoms with E-state index in [1.54, 1.807) is 0 Å². The van der Waals surface area contributed by atoms with E-state index >= 15 is 0 Å². The number of fused-ring (bicyclic) bond motifs is 1. The van der Waals surface area contributed by atoms with E-state index in [9.17, 15) is 4.79 Å². The van der Waals surface area contributed by atoms with Gasteiger partial charge >= 0.3 is 0 Å². The minimum absolute atomic E-state index is 0.242. The van der Waals surface area contributed by atoms with Gasteiger partial charge in [0, 0.05) is 34.5 Å². The number of aryl methyl sites for hydroxylation is 1. The van der Waals surface area contributed by atoms with E-state index in [4.69, 9.17) is 12.2 Å². The van der Waals surface area contributed by atoms with Crippen LogP contribution in [-0.2, 0) is 0 Å². The van der Waals surface area contributed by atoms with Crippen molar-refractivity contribution in [2.75, 3.05) is 10.7 Å². The highest BCUT2D eigenvalue weighted by Gasteiger charge is 2.22. The number of para-hydroxylation sites is 1. The summed E-state index contributed by atoms with van der Waals surface area (Å²) in [5, 5.41) is 9.07. The highest BCUT2D eigenvalue weighted by Crippen LogP contribution is 2.44. The minimum Gasteiger partial charge on any atom is -0.331 e. The molecule has 0 aliphatic rings. The van der Waals surface area contributed by atoms with E-state index in [0.29, 0.717) is 25.4 Å². The van der Waals surface area contributed by atoms with Gasteiger partial charge in [0.15, 0.2) is 5.11 Å². The number of thiocarbonyl (C=S) groups is 1. The summed E-state index contributed by atoms with van der Waals surface area (Å²) in [6.45, 7) is 2.02. The first-order chi connectivity index (χ1) is 15.3. The summed E-state index contributed by atoms with van der Waals surface area (Å²) in [6, 6.07) is 17.4. The van der Waals surface area contributed by atoms with Gasteiger partial charge in [-0.2, -0.15) is 0 Å². The molecule has 2 N–H and O–H groups in total. The van der Waals surface area contributed by atoms with Crippen LogP contribution < -0.4 is 16.3 Å². The second-order valence-electron chi connectivity index (χ2n) is 6.87. The summed E-state index contributed by atoms with van der Waals surface area (Å²) in [5.74, 6) is 0. The van der Waals surface area contributed by atoms with Crippen LogP contribution in [0.4, 0.5) is 5.69 Å². The molecule has 0 bridgehead atoms. The molecule has 162 valence electrons. The summed E-state index contributed by atoms with van der Waals surface area (Å²) >= 11 is 19.8. The van der Waals surface area contributed by atoms with Gasteiger partial charge in [0.2, 0.25) is 0 Å². The molecule has 1 heterocycles. The number of benzene rings is 3. The predicted octanol–water partition coefficient (Wildman–Crippen LogP) is 7.36. The number of nitrogens with zero attached hydrogens (tertiary/aromatic N) is 2. The smallest absolute Gasteiger partial charge is 0.295 e. The van der Waals surface area contributed by atoms with Gasteiger partial charge in [0.1, 0.15) is 5.69 Å². The molecule has 0 spiro atoms. The van der Waals surface area contributed by atoms with Crippen molar-refractivity contribution in [1.29, 1.82) is 0 Å². The Kier molecular flexibility index (Phi) is 7.16. The highest BCUT2D eigenvalue weighted by molar-refractivity contribution is 9.15. The molecule has 0 saturated carbocycles. The maximum atomic E-state index is 13.5. The van der Waals surface area contributed by atoms with E-state index in [2.05, 4.69) is 79.6 Å². The number of halogens is 4. The van der Waals surface area contributed by atoms with Crippen molar-refractivity contribution in [2.45, 2.75) is 6.92 Å². The first-order valence-electron chi connectivity index (χ1n) is 9.27. The second-order valence-corrected chi connectivity index (χ2v) is 10.4. The van der Waals surface area contributed by atoms with Gasteiger partial charge < -0.3 is 5.32 Å². The average molecular weight is 702 g/mol. The topological polar surface area (TPSA) is 59.0 Å². The average Bonchev–Trinajstić information content (AvgIpc) is 2.78. The van der Waals surface area contributed by atoms with E-state index in [1.165, 1.54) is 0 Å². The van der Waals surface area contributed by atoms with Crippen molar-refractivity contribution in [2.24, 2.45) is 0 Å². The second kappa shape index (κ2) is 9.72. The van der Waals surface area contributed by atoms with E-state index in [-0.39, 0.29) is 10.7 Å². The summed E-state index contributed by atoms with van der Waals surface area (Å²) < 4.78 is 2.82. The fourth-order valence-electron chi connectivity index (χ4n) is 3.12. The van der Waals surface area contributed by atoms with Gasteiger partial charge in [-0.05, 0) is 95.0 Å². The molecule has 32 heavy (non-hydrogen) atoms. The molecule has 3 aromatic carbocycles. The predicted molar refractivity (Wildman–Crippen MR) is 149 cm³/mol. The Bertz CT molecular complexity index is 1410. The van der Waals surface area contributed by atoms with Crippen LogP contribution in [-0.4, -0.2) is 15.0 Å². The molecule has 4 aromatic rings. The van der Waals surface area contributed by atoms with Gasteiger partial charge in [-0.1, -0.05) is 48.0 Å². The number of rotatable bonds is 3. The Morgan fingerprint density at radius 2 is 1.47 bits per heavy atom. The van der Waals surface area contributed by atoms with Crippen LogP contribution in [0.5, 0.6) is 0 Å². The van der Waals surface area contributed by atoms with Crippen LogP contribution in [0.3, 0.4) is 0 Å². The van der Waals surface area contributed by atoms with Crippen molar-refractivity contribution in [3.8, 4) is 11.3 Å². The van der Waals surface area contributed by atoms with E-state index < -0.39 is 0 Å². The first kappa shape index (κ1) is 23.6. The molecule has 0 radical (unpaired) electrons. The number of aromatic nitrogens is 2. The van der Waals surface area contributed by atoms with Gasteiger partial charge in [-0.15, -0.1) is 9.89 Å². The quantitative estimate of drug-likeness (QED) is 0.133. The Labute approximate surface area is 223 Å². The van der Waals surface area contributed by atoms with Crippen LogP contribution in [0.2, 0.25) is 0 Å². The number of nitrogens with one attached hydrogen (secondary N) is 2. The standard InChI is InChI=1S/C22H14Br4N4OS/c1-11-7-9-12(10-8-11)20-14-15(17(24)19(26)18(25)16(14)23)21(31)30(28-20)29-22(32)27-13-5-3-2-4-6-13/h2-10H,1H3,(H2,27,29,32). The normalized spacial score (nSPS) is 10.9. The molecule has 0 saturated heterocycles. The van der Waals surface area contributed by atoms with Crippen LogP contribution in [0.1, 0.15) is 5.56 Å². The van der Waals surface area contributed by atoms with Crippen molar-refractivity contribution in [1.82, 2.24) is 9.89 Å². The van der Waals surface area contributed by atoms with E-state index in [1.807, 2.05) is 61.5 Å². The summed E-state index contributed by atoms with van der Waals surface area (Å²) in [7, 11) is 0. The molecule has 0 amide bonds. The van der Waals surface area contributed by atoms with Crippen LogP contribution >= 0.6 is 75.9 Å². The SMILES string of the molecule is Cc1ccc(-c2nn(NC(=S)Nc3ccccc3)c(=O)c3c(Br)c(Br)c(Br)c(Br)c23)cc1. The molecular formula is C22H14Br4N4OS. The molecule has 1 aromatic heterocycles. The lowest BCUT2D eigenvalue weighted by Gasteiger charge is -2.17. The molecule has 0 aliphatic heterocycles. The fraction of sp³-hybridized carbons (Fsp3) is 0.0455. The summed E-state index contributed by atoms with van der Waals surface area (Å²) in [5.41, 5.74) is 5.96. The van der Waals surface area contributed by atoms with Crippen LogP contribution in [0, 0.1) is 6.92 Å². The van der Waals surface area contributed by atoms with Gasteiger partial charge in [-0.25, -0.2) is 5.43 Å². The zero-order valence-corrected chi connectivity index (χ0v) is 23.6. The zero-order chi connectivity index (χ0) is 23.0. The van der Waals surface area contributed by atoms with Crippen molar-refractivity contribution in [3.63, 3.8) is 0 Å². The maximum Gasteiger partial charge on any atom is 0.295 e. The minimum atomic E-state index is -0.353. The lowest BCUT2D eigenvalue weighted by atomic mass is 10.0. The summed E-state index contributed by atoms with van der Waals surface area (Å²) in [4.78, 5) is 14.6. The Hall–Kier alpha value is -1.59. The molecule has 0 unspecified atom stereocenters. The Morgan fingerprint density at radius 1 is 0.875 bits per heavy atom. The lowest BCUT2D eigenvalue weighted by molar-refractivity contribution is 0.768. The summed E-state index contributed by atoms with van der Waals surface area (Å²) in [6.07, 6.45) is 0. The van der Waals surface area contributed by atoms with Gasteiger partial charge in [0.25, 0.3) is 5.56 Å². The van der Waals surface area contributed by atoms with Gasteiger partial charge in [-0.3, -0.25) is 4.79 Å². The van der Waals surface area contributed by atoms with Gasteiger partial charge in [0.05, 0.1) is 5.39 Å². The number of anilines is 1. The third-order valence-corrected chi connectivity index (χ3v) is 9.64. The number of hydrogen-bond donors (Lipinski definition) is 2. The zero-order valence-electron chi connectivity index (χ0n) is 16.4. The van der Waals surface area contributed by atoms with E-state index in [0.717, 1.165) is 30.6 Å². The highest BCUT2D eigenvalue weighted by atomic mass is 79.9. The largest absolute Gasteiger partial charge is 0.331 e. The van der Waals surface area contributed by atoms with Crippen LogP contribution in [0.25, 0.3) is 22.0 Å². The molecule has 10 heteroatoms. The Balaban J connectivity index is 1.92. The van der Waals surface area contributed by atoms with Crippen molar-refractivity contribution < 1.29 is 0 Å². The lowest BCUT2D eigenvalue weighted by Crippen LogP contribution is -2.37. The first-order valence-corrected chi connectivity index (χ1v) is 12.8. The van der Waals surface area contributed by atoms with Crippen molar-refractivity contribution in [3.05, 3.63) is 88.4 Å². The monoisotopic (exact) mass is 698 g/mol. The van der Waals surface area contributed by atoms with Crippen LogP contribution in [0.15, 0.2) is 77.3 Å². The fourth-order valence-corrected chi connectivity index (χ4v) is 5.80. The third-order valence-electron chi connectivity index (χ3n) is 4.67. The molecule has 0 fully saturated rings. The third kappa shape index (κ3) is 4.56. The molecular weight excluding hydrogens is 688 g/mol. The molecule has 0 atom stereocenters. The molecule has 0 aliphatic carbocycles. The van der Waals surface area contributed by atoms with Crippen molar-refractivity contribution >= 4 is 97.5 Å². The molecule has 4 rings (SSSR count). The Morgan fingerprint density at radius 3 is 2.09 bits per heavy atom. The maximum absolute atomic E-state index is 13.5. The number of hydrogen-bond acceptors (Lipinski definition) is 3.